The van der Waals surface area contributed by atoms with Gasteiger partial charge in [-0.1, -0.05) is 18.5 Å². The highest BCUT2D eigenvalue weighted by atomic mass is 35.5. The van der Waals surface area contributed by atoms with Crippen molar-refractivity contribution in [1.29, 1.82) is 0 Å². The third-order valence-electron chi connectivity index (χ3n) is 6.56. The molecule has 2 aromatic heterocycles. The van der Waals surface area contributed by atoms with Gasteiger partial charge in [-0.3, -0.25) is 4.79 Å². The summed E-state index contributed by atoms with van der Waals surface area (Å²) in [5, 5.41) is 8.59. The van der Waals surface area contributed by atoms with Crippen molar-refractivity contribution in [2.24, 2.45) is 11.8 Å². The number of rotatable bonds is 4. The Morgan fingerprint density at radius 2 is 1.93 bits per heavy atom. The fourth-order valence-corrected chi connectivity index (χ4v) is 4.79. The maximum absolute atomic E-state index is 13.5. The predicted molar refractivity (Wildman–Crippen MR) is 110 cm³/mol. The number of halogens is 1. The van der Waals surface area contributed by atoms with Crippen LogP contribution in [0.4, 0.5) is 0 Å². The average Bonchev–Trinajstić information content (AvgIpc) is 3.37. The van der Waals surface area contributed by atoms with E-state index in [-0.39, 0.29) is 18.3 Å². The van der Waals surface area contributed by atoms with Crippen molar-refractivity contribution in [3.8, 4) is 0 Å². The van der Waals surface area contributed by atoms with Crippen LogP contribution < -0.4 is 5.32 Å². The van der Waals surface area contributed by atoms with Crippen molar-refractivity contribution in [1.82, 2.24) is 20.4 Å². The molecule has 1 N–H and O–H groups in total. The molecule has 5 rings (SSSR count). The van der Waals surface area contributed by atoms with Gasteiger partial charge in [-0.2, -0.15) is 0 Å². The lowest BCUT2D eigenvalue weighted by molar-refractivity contribution is 0.0760. The fourth-order valence-electron chi connectivity index (χ4n) is 4.79. The second kappa shape index (κ2) is 7.99. The molecule has 1 aliphatic carbocycles. The van der Waals surface area contributed by atoms with Crippen molar-refractivity contribution < 1.29 is 9.32 Å². The number of aryl methyl sites for hydroxylation is 1. The highest BCUT2D eigenvalue weighted by molar-refractivity contribution is 6.06. The first-order chi connectivity index (χ1) is 13.2. The fraction of sp³-hybridized carbons (Fsp3) is 0.667. The first-order valence-electron chi connectivity index (χ1n) is 10.5. The van der Waals surface area contributed by atoms with E-state index in [0.29, 0.717) is 23.5 Å². The van der Waals surface area contributed by atoms with Crippen LogP contribution in [0.3, 0.4) is 0 Å². The monoisotopic (exact) mass is 404 g/mol. The number of hydrogen-bond acceptors (Lipinski definition) is 5. The molecule has 1 amide bonds. The molecular formula is C21H29ClN4O2. The Kier molecular flexibility index (Phi) is 5.61. The molecule has 152 valence electrons. The van der Waals surface area contributed by atoms with E-state index in [1.165, 1.54) is 0 Å². The molecule has 0 radical (unpaired) electrons. The number of hydrogen-bond donors (Lipinski definition) is 1. The molecule has 0 aromatic carbocycles. The number of carbonyl (C=O) groups is 1. The largest absolute Gasteiger partial charge is 0.339 e. The molecular weight excluding hydrogens is 376 g/mol. The van der Waals surface area contributed by atoms with Crippen LogP contribution in [0.2, 0.25) is 0 Å². The van der Waals surface area contributed by atoms with Crippen LogP contribution in [0.1, 0.15) is 66.7 Å². The Labute approximate surface area is 171 Å². The molecule has 6 nitrogen and oxygen atoms in total. The third-order valence-corrected chi connectivity index (χ3v) is 6.56. The Hall–Kier alpha value is -1.66. The molecule has 2 aliphatic heterocycles. The minimum atomic E-state index is 0. The summed E-state index contributed by atoms with van der Waals surface area (Å²) in [5.41, 5.74) is 3.18. The van der Waals surface area contributed by atoms with Crippen LogP contribution in [-0.4, -0.2) is 47.1 Å². The second-order valence-corrected chi connectivity index (χ2v) is 8.48. The number of likely N-dealkylation sites (tertiary alicyclic amines) is 1. The van der Waals surface area contributed by atoms with E-state index in [4.69, 9.17) is 4.52 Å². The maximum atomic E-state index is 13.5. The normalized spacial score (nSPS) is 24.7. The summed E-state index contributed by atoms with van der Waals surface area (Å²) < 4.78 is 5.54. The van der Waals surface area contributed by atoms with Crippen molar-refractivity contribution in [2.45, 2.75) is 51.4 Å². The Morgan fingerprint density at radius 3 is 2.57 bits per heavy atom. The highest BCUT2D eigenvalue weighted by Gasteiger charge is 2.34. The van der Waals surface area contributed by atoms with E-state index in [1.807, 2.05) is 6.07 Å². The topological polar surface area (TPSA) is 71.3 Å². The van der Waals surface area contributed by atoms with Crippen molar-refractivity contribution >= 4 is 29.4 Å². The Bertz CT molecular complexity index is 849. The van der Waals surface area contributed by atoms with Gasteiger partial charge in [-0.25, -0.2) is 4.98 Å². The summed E-state index contributed by atoms with van der Waals surface area (Å²) in [6.07, 6.45) is 6.29. The lowest BCUT2D eigenvalue weighted by Crippen LogP contribution is -2.33. The molecule has 0 spiro atoms. The van der Waals surface area contributed by atoms with Crippen molar-refractivity contribution in [3.63, 3.8) is 0 Å². The van der Waals surface area contributed by atoms with E-state index < -0.39 is 0 Å². The zero-order chi connectivity index (χ0) is 18.4. The van der Waals surface area contributed by atoms with E-state index in [1.54, 1.807) is 0 Å². The number of nitrogens with zero attached hydrogens (tertiary/aromatic N) is 3. The zero-order valence-corrected chi connectivity index (χ0v) is 17.3. The number of carbonyl (C=O) groups excluding carboxylic acids is 1. The van der Waals surface area contributed by atoms with E-state index in [2.05, 4.69) is 27.3 Å². The standard InChI is InChI=1S/C21H28N4O2.ClH/c1-2-3-17-19-16(10-18(13-4-5-13)23-20(19)27-24-17)21(26)25-8-6-14-11-22-12-15(14)7-9-25;/h10,13-15,22H,2-9,11-12H2,1H3;1H/t14-,15+;. The molecule has 3 fully saturated rings. The van der Waals surface area contributed by atoms with Crippen LogP contribution in [-0.2, 0) is 6.42 Å². The van der Waals surface area contributed by atoms with Crippen molar-refractivity contribution in [3.05, 3.63) is 23.0 Å². The quantitative estimate of drug-likeness (QED) is 0.843. The Balaban J connectivity index is 0.00000192. The molecule has 1 saturated carbocycles. The van der Waals surface area contributed by atoms with Gasteiger partial charge in [0.1, 0.15) is 0 Å². The van der Waals surface area contributed by atoms with Gasteiger partial charge in [0.25, 0.3) is 11.6 Å². The first-order valence-corrected chi connectivity index (χ1v) is 10.5. The minimum absolute atomic E-state index is 0. The summed E-state index contributed by atoms with van der Waals surface area (Å²) in [7, 11) is 0. The highest BCUT2D eigenvalue weighted by Crippen LogP contribution is 2.41. The number of fused-ring (bicyclic) bond motifs is 2. The Morgan fingerprint density at radius 1 is 1.21 bits per heavy atom. The minimum Gasteiger partial charge on any atom is -0.339 e. The van der Waals surface area contributed by atoms with Gasteiger partial charge in [0.15, 0.2) is 0 Å². The molecule has 2 saturated heterocycles. The summed E-state index contributed by atoms with van der Waals surface area (Å²) in [6.45, 7) is 6.02. The van der Waals surface area contributed by atoms with Gasteiger partial charge in [-0.05, 0) is 63.1 Å². The van der Waals surface area contributed by atoms with Crippen LogP contribution in [0, 0.1) is 11.8 Å². The maximum Gasteiger partial charge on any atom is 0.259 e. The smallest absolute Gasteiger partial charge is 0.259 e. The molecule has 7 heteroatoms. The molecule has 3 aliphatic rings. The van der Waals surface area contributed by atoms with E-state index in [0.717, 1.165) is 87.0 Å². The predicted octanol–water partition coefficient (Wildman–Crippen LogP) is 3.55. The second-order valence-electron chi connectivity index (χ2n) is 8.48. The van der Waals surface area contributed by atoms with Gasteiger partial charge >= 0.3 is 0 Å². The van der Waals surface area contributed by atoms with Gasteiger partial charge in [-0.15, -0.1) is 12.4 Å². The van der Waals surface area contributed by atoms with E-state index >= 15 is 0 Å². The third kappa shape index (κ3) is 3.52. The van der Waals surface area contributed by atoms with Crippen LogP contribution in [0.5, 0.6) is 0 Å². The summed E-state index contributed by atoms with van der Waals surface area (Å²) >= 11 is 0. The summed E-state index contributed by atoms with van der Waals surface area (Å²) in [5.74, 6) is 2.05. The number of pyridine rings is 1. The molecule has 0 bridgehead atoms. The molecule has 2 atom stereocenters. The van der Waals surface area contributed by atoms with E-state index in [9.17, 15) is 4.79 Å². The van der Waals surface area contributed by atoms with Crippen molar-refractivity contribution in [2.75, 3.05) is 26.2 Å². The lowest BCUT2D eigenvalue weighted by Gasteiger charge is -2.21. The molecule has 2 aromatic rings. The number of amides is 1. The number of aromatic nitrogens is 2. The van der Waals surface area contributed by atoms with Gasteiger partial charge in [0, 0.05) is 24.7 Å². The summed E-state index contributed by atoms with van der Waals surface area (Å²) in [4.78, 5) is 20.3. The van der Waals surface area contributed by atoms with Crippen LogP contribution in [0.25, 0.3) is 11.1 Å². The average molecular weight is 405 g/mol. The molecule has 4 heterocycles. The first kappa shape index (κ1) is 19.6. The molecule has 0 unspecified atom stereocenters. The lowest BCUT2D eigenvalue weighted by atomic mass is 9.92. The van der Waals surface area contributed by atoms with Gasteiger partial charge in [0.05, 0.1) is 16.6 Å². The molecule has 28 heavy (non-hydrogen) atoms. The zero-order valence-electron chi connectivity index (χ0n) is 16.4. The summed E-state index contributed by atoms with van der Waals surface area (Å²) in [6, 6.07) is 2.03. The van der Waals surface area contributed by atoms with Gasteiger partial charge in [0.2, 0.25) is 0 Å². The van der Waals surface area contributed by atoms with Crippen LogP contribution in [0.15, 0.2) is 10.6 Å². The van der Waals surface area contributed by atoms with Gasteiger partial charge < -0.3 is 14.7 Å². The SMILES string of the molecule is CCCc1noc2nc(C3CC3)cc(C(=O)N3CC[C@@H]4CNC[C@@H]4CC3)c12.Cl. The number of nitrogens with one attached hydrogen (secondary N) is 1. The van der Waals surface area contributed by atoms with Crippen LogP contribution >= 0.6 is 12.4 Å².